The van der Waals surface area contributed by atoms with Crippen molar-refractivity contribution >= 4 is 45.7 Å². The molecule has 154 valence electrons. The normalized spacial score (nSPS) is 10.5. The van der Waals surface area contributed by atoms with E-state index < -0.39 is 11.9 Å². The minimum Gasteiger partial charge on any atom is -0.508 e. The summed E-state index contributed by atoms with van der Waals surface area (Å²) in [5.41, 5.74) is 7.21. The number of carboxylic acids is 1. The van der Waals surface area contributed by atoms with Crippen molar-refractivity contribution in [3.63, 3.8) is 0 Å². The summed E-state index contributed by atoms with van der Waals surface area (Å²) >= 11 is 7.22. The second kappa shape index (κ2) is 9.02. The van der Waals surface area contributed by atoms with Gasteiger partial charge in [-0.2, -0.15) is 0 Å². The van der Waals surface area contributed by atoms with E-state index in [1.807, 2.05) is 22.1 Å². The Morgan fingerprint density at radius 2 is 1.90 bits per heavy atom. The Kier molecular flexibility index (Phi) is 6.44. The third-order valence-electron chi connectivity index (χ3n) is 4.52. The molecule has 8 heteroatoms. The number of aromatic carboxylic acids is 1. The van der Waals surface area contributed by atoms with Crippen LogP contribution < -0.4 is 5.73 Å². The molecular formula is C22H19ClN2O4S. The highest BCUT2D eigenvalue weighted by molar-refractivity contribution is 7.09. The molecule has 0 saturated carbocycles. The Hall–Kier alpha value is -3.29. The second-order valence-corrected chi connectivity index (χ2v) is 7.98. The van der Waals surface area contributed by atoms with Crippen LogP contribution in [-0.2, 0) is 6.54 Å². The fraction of sp³-hybridized carbons (Fsp3) is 0.0909. The molecule has 0 fully saturated rings. The third-order valence-corrected chi connectivity index (χ3v) is 5.62. The van der Waals surface area contributed by atoms with Crippen molar-refractivity contribution in [2.24, 2.45) is 5.73 Å². The van der Waals surface area contributed by atoms with Gasteiger partial charge in [0.2, 0.25) is 5.91 Å². The Balaban J connectivity index is 0.000000216. The lowest BCUT2D eigenvalue weighted by atomic mass is 10.1. The third kappa shape index (κ3) is 4.64. The average molecular weight is 443 g/mol. The van der Waals surface area contributed by atoms with E-state index in [1.54, 1.807) is 48.6 Å². The van der Waals surface area contributed by atoms with Crippen LogP contribution in [0.2, 0.25) is 5.02 Å². The van der Waals surface area contributed by atoms with E-state index in [-0.39, 0.29) is 11.3 Å². The number of primary amides is 1. The van der Waals surface area contributed by atoms with Gasteiger partial charge >= 0.3 is 5.97 Å². The molecule has 2 heterocycles. The van der Waals surface area contributed by atoms with Crippen LogP contribution in [0, 0.1) is 6.92 Å². The lowest BCUT2D eigenvalue weighted by Crippen LogP contribution is -2.10. The molecule has 0 aliphatic carbocycles. The van der Waals surface area contributed by atoms with E-state index in [1.165, 1.54) is 12.1 Å². The topological polar surface area (TPSA) is 106 Å². The van der Waals surface area contributed by atoms with E-state index in [2.05, 4.69) is 0 Å². The monoisotopic (exact) mass is 442 g/mol. The van der Waals surface area contributed by atoms with Crippen molar-refractivity contribution in [1.82, 2.24) is 4.57 Å². The number of carbonyl (C=O) groups is 2. The lowest BCUT2D eigenvalue weighted by molar-refractivity contribution is 0.0697. The summed E-state index contributed by atoms with van der Waals surface area (Å²) in [4.78, 5) is 23.1. The molecule has 4 rings (SSSR count). The number of hydrogen-bond donors (Lipinski definition) is 3. The van der Waals surface area contributed by atoms with Crippen LogP contribution in [0.1, 0.15) is 31.3 Å². The Morgan fingerprint density at radius 1 is 1.13 bits per heavy atom. The molecule has 2 aromatic carbocycles. The molecule has 0 aliphatic heterocycles. The van der Waals surface area contributed by atoms with E-state index >= 15 is 0 Å². The van der Waals surface area contributed by atoms with Crippen molar-refractivity contribution in [2.75, 3.05) is 0 Å². The van der Waals surface area contributed by atoms with Gasteiger partial charge in [-0.05, 0) is 54.8 Å². The van der Waals surface area contributed by atoms with Crippen LogP contribution >= 0.6 is 22.9 Å². The summed E-state index contributed by atoms with van der Waals surface area (Å²) < 4.78 is 1.98. The number of thiophene rings is 1. The van der Waals surface area contributed by atoms with Gasteiger partial charge in [0, 0.05) is 32.1 Å². The predicted molar refractivity (Wildman–Crippen MR) is 119 cm³/mol. The van der Waals surface area contributed by atoms with E-state index in [0.717, 1.165) is 10.4 Å². The highest BCUT2D eigenvalue weighted by Gasteiger charge is 2.19. The van der Waals surface area contributed by atoms with Crippen molar-refractivity contribution < 1.29 is 19.8 Å². The number of benzene rings is 2. The zero-order valence-corrected chi connectivity index (χ0v) is 17.6. The number of nitrogens with zero attached hydrogens (tertiary/aromatic N) is 1. The van der Waals surface area contributed by atoms with Gasteiger partial charge in [0.25, 0.3) is 0 Å². The van der Waals surface area contributed by atoms with Gasteiger partial charge in [-0.25, -0.2) is 4.79 Å². The van der Waals surface area contributed by atoms with Gasteiger partial charge in [-0.1, -0.05) is 23.7 Å². The fourth-order valence-electron chi connectivity index (χ4n) is 3.14. The quantitative estimate of drug-likeness (QED) is 0.417. The summed E-state index contributed by atoms with van der Waals surface area (Å²) in [6.07, 6.45) is 0. The first-order chi connectivity index (χ1) is 14.3. The zero-order chi connectivity index (χ0) is 21.8. The van der Waals surface area contributed by atoms with E-state index in [0.29, 0.717) is 28.2 Å². The maximum absolute atomic E-state index is 11.5. The van der Waals surface area contributed by atoms with Crippen LogP contribution in [0.25, 0.3) is 10.9 Å². The highest BCUT2D eigenvalue weighted by Crippen LogP contribution is 2.30. The van der Waals surface area contributed by atoms with Gasteiger partial charge in [0.1, 0.15) is 5.75 Å². The largest absolute Gasteiger partial charge is 0.508 e. The highest BCUT2D eigenvalue weighted by atomic mass is 35.5. The van der Waals surface area contributed by atoms with E-state index in [4.69, 9.17) is 17.3 Å². The molecule has 0 saturated heterocycles. The maximum Gasteiger partial charge on any atom is 0.338 e. The number of carbonyl (C=O) groups excluding carboxylic acids is 1. The summed E-state index contributed by atoms with van der Waals surface area (Å²) in [6.45, 7) is 2.44. The molecule has 0 bridgehead atoms. The molecule has 0 unspecified atom stereocenters. The first kappa shape index (κ1) is 21.4. The molecule has 1 amide bonds. The van der Waals surface area contributed by atoms with E-state index in [9.17, 15) is 19.8 Å². The van der Waals surface area contributed by atoms with Crippen LogP contribution in [0.5, 0.6) is 5.75 Å². The molecule has 4 aromatic rings. The maximum atomic E-state index is 11.5. The number of carboxylic acid groups (broad SMARTS) is 1. The number of phenols is 1. The summed E-state index contributed by atoms with van der Waals surface area (Å²) in [5.74, 6) is -1.35. The number of aromatic hydroxyl groups is 1. The standard InChI is InChI=1S/C15H13NO3S.C7H6ClNO/c1-9-14(15(18)19)12-7-10(17)4-5-13(12)16(9)8-11-3-2-6-20-11;8-6-3-1-2-5(4-6)7(9)10/h2-7,17H,8H2,1H3,(H,18,19);1-4H,(H2,9,10). The number of phenolic OH excluding ortho intramolecular Hbond substituents is 1. The number of nitrogens with two attached hydrogens (primary N) is 1. The molecule has 0 atom stereocenters. The minimum absolute atomic E-state index is 0.0771. The Bertz CT molecular complexity index is 1220. The average Bonchev–Trinajstić information content (AvgIpc) is 3.29. The number of amides is 1. The van der Waals surface area contributed by atoms with Gasteiger partial charge in [-0.15, -0.1) is 11.3 Å². The minimum atomic E-state index is -0.969. The Morgan fingerprint density at radius 3 is 2.47 bits per heavy atom. The smallest absolute Gasteiger partial charge is 0.338 e. The van der Waals surface area contributed by atoms with Crippen LogP contribution in [0.4, 0.5) is 0 Å². The van der Waals surface area contributed by atoms with Crippen molar-refractivity contribution in [3.05, 3.63) is 86.7 Å². The SMILES string of the molecule is Cc1c(C(=O)O)c2cc(O)ccc2n1Cc1cccs1.NC(=O)c1cccc(Cl)c1. The fourth-order valence-corrected chi connectivity index (χ4v) is 4.03. The first-order valence-electron chi connectivity index (χ1n) is 8.90. The lowest BCUT2D eigenvalue weighted by Gasteiger charge is -2.06. The van der Waals surface area contributed by atoms with Crippen LogP contribution in [-0.4, -0.2) is 26.7 Å². The van der Waals surface area contributed by atoms with Gasteiger partial charge in [-0.3, -0.25) is 4.79 Å². The number of rotatable bonds is 4. The van der Waals surface area contributed by atoms with Crippen molar-refractivity contribution in [1.29, 1.82) is 0 Å². The van der Waals surface area contributed by atoms with Gasteiger partial charge < -0.3 is 20.5 Å². The summed E-state index contributed by atoms with van der Waals surface area (Å²) in [7, 11) is 0. The predicted octanol–water partition coefficient (Wildman–Crippen LogP) is 4.90. The van der Waals surface area contributed by atoms with Gasteiger partial charge in [0.15, 0.2) is 0 Å². The molecule has 6 nitrogen and oxygen atoms in total. The van der Waals surface area contributed by atoms with Crippen molar-refractivity contribution in [3.8, 4) is 5.75 Å². The van der Waals surface area contributed by atoms with Gasteiger partial charge in [0.05, 0.1) is 12.1 Å². The molecule has 4 N–H and O–H groups in total. The molecule has 0 spiro atoms. The summed E-state index contributed by atoms with van der Waals surface area (Å²) in [6, 6.07) is 15.4. The van der Waals surface area contributed by atoms with Crippen LogP contribution in [0.3, 0.4) is 0 Å². The molecule has 0 radical (unpaired) electrons. The summed E-state index contributed by atoms with van der Waals surface area (Å²) in [5, 5.41) is 22.1. The number of aromatic nitrogens is 1. The molecule has 0 aliphatic rings. The number of hydrogen-bond acceptors (Lipinski definition) is 4. The first-order valence-corrected chi connectivity index (χ1v) is 10.2. The second-order valence-electron chi connectivity index (χ2n) is 6.51. The van der Waals surface area contributed by atoms with Crippen molar-refractivity contribution in [2.45, 2.75) is 13.5 Å². The molecule has 30 heavy (non-hydrogen) atoms. The molecular weight excluding hydrogens is 424 g/mol. The van der Waals surface area contributed by atoms with Crippen LogP contribution in [0.15, 0.2) is 60.0 Å². The Labute approximate surface area is 181 Å². The number of halogens is 1. The number of fused-ring (bicyclic) bond motifs is 1. The zero-order valence-electron chi connectivity index (χ0n) is 16.0. The molecule has 2 aromatic heterocycles.